The molecule has 6 heteroatoms. The van der Waals surface area contributed by atoms with Gasteiger partial charge in [-0.05, 0) is 32.0 Å². The zero-order valence-electron chi connectivity index (χ0n) is 10.3. The van der Waals surface area contributed by atoms with Crippen LogP contribution in [0.5, 0.6) is 0 Å². The van der Waals surface area contributed by atoms with E-state index < -0.39 is 17.3 Å². The van der Waals surface area contributed by atoms with Gasteiger partial charge in [-0.25, -0.2) is 4.98 Å². The number of imidazole rings is 1. The second-order valence-corrected chi connectivity index (χ2v) is 4.92. The average Bonchev–Trinajstić information content (AvgIpc) is 2.54. The number of aromatic nitrogens is 2. The number of aryl methyl sites for hydroxylation is 1. The van der Waals surface area contributed by atoms with Gasteiger partial charge in [0.15, 0.2) is 0 Å². The lowest BCUT2D eigenvalue weighted by Gasteiger charge is -2.17. The van der Waals surface area contributed by atoms with Crippen molar-refractivity contribution >= 4 is 11.0 Å². The van der Waals surface area contributed by atoms with Gasteiger partial charge in [-0.2, -0.15) is 13.2 Å². The summed E-state index contributed by atoms with van der Waals surface area (Å²) in [5, 5.41) is 0. The summed E-state index contributed by atoms with van der Waals surface area (Å²) in [7, 11) is 1.74. The van der Waals surface area contributed by atoms with Crippen molar-refractivity contribution in [1.82, 2.24) is 9.55 Å². The molecule has 3 nitrogen and oxygen atoms in total. The summed E-state index contributed by atoms with van der Waals surface area (Å²) >= 11 is 0. The number of benzene rings is 1. The Labute approximate surface area is 102 Å². The van der Waals surface area contributed by atoms with Crippen LogP contribution in [0.25, 0.3) is 11.0 Å². The second-order valence-electron chi connectivity index (χ2n) is 4.92. The van der Waals surface area contributed by atoms with Crippen LogP contribution < -0.4 is 5.73 Å². The minimum absolute atomic E-state index is 0.306. The maximum absolute atomic E-state index is 12.6. The van der Waals surface area contributed by atoms with Gasteiger partial charge in [0.1, 0.15) is 5.82 Å². The lowest BCUT2D eigenvalue weighted by atomic mass is 10.1. The third-order valence-corrected chi connectivity index (χ3v) is 2.78. The van der Waals surface area contributed by atoms with Crippen LogP contribution >= 0.6 is 0 Å². The largest absolute Gasteiger partial charge is 0.416 e. The summed E-state index contributed by atoms with van der Waals surface area (Å²) in [5.74, 6) is 0.553. The Hall–Kier alpha value is -1.56. The van der Waals surface area contributed by atoms with E-state index in [-0.39, 0.29) is 0 Å². The number of hydrogen-bond acceptors (Lipinski definition) is 2. The van der Waals surface area contributed by atoms with Gasteiger partial charge >= 0.3 is 6.18 Å². The zero-order chi connectivity index (χ0) is 13.7. The number of halogens is 3. The molecule has 0 radical (unpaired) electrons. The van der Waals surface area contributed by atoms with Crippen molar-refractivity contribution < 1.29 is 13.2 Å². The highest BCUT2D eigenvalue weighted by Crippen LogP contribution is 2.32. The monoisotopic (exact) mass is 257 g/mol. The number of nitrogens with two attached hydrogens (primary N) is 1. The van der Waals surface area contributed by atoms with Crippen LogP contribution in [0.3, 0.4) is 0 Å². The van der Waals surface area contributed by atoms with Crippen molar-refractivity contribution in [3.63, 3.8) is 0 Å². The normalized spacial score (nSPS) is 13.3. The van der Waals surface area contributed by atoms with Crippen LogP contribution in [0.15, 0.2) is 18.2 Å². The molecular weight excluding hydrogens is 243 g/mol. The Morgan fingerprint density at radius 2 is 1.83 bits per heavy atom. The predicted molar refractivity (Wildman–Crippen MR) is 62.9 cm³/mol. The minimum atomic E-state index is -4.36. The number of alkyl halides is 3. The molecule has 1 heterocycles. The first kappa shape index (κ1) is 12.9. The number of rotatable bonds is 1. The average molecular weight is 257 g/mol. The van der Waals surface area contributed by atoms with Crippen molar-refractivity contribution in [1.29, 1.82) is 0 Å². The quantitative estimate of drug-likeness (QED) is 0.853. The topological polar surface area (TPSA) is 43.8 Å². The highest BCUT2D eigenvalue weighted by molar-refractivity contribution is 5.77. The van der Waals surface area contributed by atoms with Crippen LogP contribution in [0.2, 0.25) is 0 Å². The molecule has 0 amide bonds. The van der Waals surface area contributed by atoms with Crippen molar-refractivity contribution in [2.75, 3.05) is 0 Å². The van der Waals surface area contributed by atoms with E-state index in [0.29, 0.717) is 16.9 Å². The third-order valence-electron chi connectivity index (χ3n) is 2.78. The molecule has 2 aromatic rings. The molecular formula is C12H14F3N3. The molecule has 0 saturated carbocycles. The van der Waals surface area contributed by atoms with E-state index in [9.17, 15) is 13.2 Å². The third kappa shape index (κ3) is 2.08. The summed E-state index contributed by atoms with van der Waals surface area (Å²) in [5.41, 5.74) is 5.48. The Morgan fingerprint density at radius 1 is 1.22 bits per heavy atom. The van der Waals surface area contributed by atoms with Crippen molar-refractivity contribution in [2.45, 2.75) is 25.6 Å². The molecule has 0 unspecified atom stereocenters. The fourth-order valence-electron chi connectivity index (χ4n) is 1.95. The predicted octanol–water partition coefficient (Wildman–Crippen LogP) is 2.79. The second kappa shape index (κ2) is 3.71. The van der Waals surface area contributed by atoms with Crippen LogP contribution in [0, 0.1) is 0 Å². The molecule has 2 N–H and O–H groups in total. The van der Waals surface area contributed by atoms with Crippen LogP contribution in [-0.4, -0.2) is 9.55 Å². The maximum Gasteiger partial charge on any atom is 0.416 e. The molecule has 0 aliphatic rings. The molecule has 0 spiro atoms. The Bertz CT molecular complexity index is 591. The van der Waals surface area contributed by atoms with E-state index in [2.05, 4.69) is 4.98 Å². The van der Waals surface area contributed by atoms with Gasteiger partial charge in [-0.15, -0.1) is 0 Å². The van der Waals surface area contributed by atoms with Crippen molar-refractivity contribution in [3.05, 3.63) is 29.6 Å². The molecule has 0 aliphatic carbocycles. The van der Waals surface area contributed by atoms with Gasteiger partial charge in [0, 0.05) is 7.05 Å². The first-order valence-electron chi connectivity index (χ1n) is 5.44. The van der Waals surface area contributed by atoms with E-state index in [4.69, 9.17) is 5.73 Å². The van der Waals surface area contributed by atoms with E-state index in [0.717, 1.165) is 12.1 Å². The van der Waals surface area contributed by atoms with E-state index >= 15 is 0 Å². The van der Waals surface area contributed by atoms with Gasteiger partial charge in [-0.1, -0.05) is 0 Å². The minimum Gasteiger partial charge on any atom is -0.330 e. The molecule has 0 saturated heterocycles. The summed E-state index contributed by atoms with van der Waals surface area (Å²) in [6.07, 6.45) is -4.36. The smallest absolute Gasteiger partial charge is 0.330 e. The van der Waals surface area contributed by atoms with Crippen molar-refractivity contribution in [3.8, 4) is 0 Å². The van der Waals surface area contributed by atoms with Crippen LogP contribution in [0.1, 0.15) is 25.2 Å². The van der Waals surface area contributed by atoms with E-state index in [1.165, 1.54) is 6.07 Å². The highest BCUT2D eigenvalue weighted by atomic mass is 19.4. The summed E-state index contributed by atoms with van der Waals surface area (Å²) in [4.78, 5) is 4.20. The van der Waals surface area contributed by atoms with Crippen molar-refractivity contribution in [2.24, 2.45) is 12.8 Å². The van der Waals surface area contributed by atoms with E-state index in [1.54, 1.807) is 25.5 Å². The molecule has 98 valence electrons. The van der Waals surface area contributed by atoms with Gasteiger partial charge in [0.25, 0.3) is 0 Å². The zero-order valence-corrected chi connectivity index (χ0v) is 10.3. The molecule has 0 fully saturated rings. The molecule has 0 bridgehead atoms. The first-order valence-corrected chi connectivity index (χ1v) is 5.44. The number of hydrogen-bond donors (Lipinski definition) is 1. The molecule has 1 aromatic carbocycles. The molecule has 0 atom stereocenters. The van der Waals surface area contributed by atoms with Gasteiger partial charge in [0.2, 0.25) is 0 Å². The lowest BCUT2D eigenvalue weighted by Crippen LogP contribution is -2.32. The number of fused-ring (bicyclic) bond motifs is 1. The Morgan fingerprint density at radius 3 is 2.33 bits per heavy atom. The fourth-order valence-corrected chi connectivity index (χ4v) is 1.95. The Kier molecular flexibility index (Phi) is 2.66. The molecule has 1 aromatic heterocycles. The lowest BCUT2D eigenvalue weighted by molar-refractivity contribution is -0.137. The summed E-state index contributed by atoms with van der Waals surface area (Å²) < 4.78 is 39.5. The Balaban J connectivity index is 2.67. The fraction of sp³-hybridized carbons (Fsp3) is 0.417. The van der Waals surface area contributed by atoms with Gasteiger partial charge in [0.05, 0.1) is 22.1 Å². The molecule has 18 heavy (non-hydrogen) atoms. The molecule has 2 rings (SSSR count). The maximum atomic E-state index is 12.6. The molecule has 0 aliphatic heterocycles. The summed E-state index contributed by atoms with van der Waals surface area (Å²) in [6, 6.07) is 3.52. The van der Waals surface area contributed by atoms with Gasteiger partial charge in [-0.3, -0.25) is 0 Å². The summed E-state index contributed by atoms with van der Waals surface area (Å²) in [6.45, 7) is 3.53. The first-order chi connectivity index (χ1) is 8.10. The SMILES string of the molecule is Cn1c(C(C)(C)N)nc2cc(C(F)(F)F)ccc21. The highest BCUT2D eigenvalue weighted by Gasteiger charge is 2.31. The standard InChI is InChI=1S/C12H14F3N3/c1-11(2,16)10-17-8-6-7(12(13,14)15)4-5-9(8)18(10)3/h4-6H,16H2,1-3H3. The van der Waals surface area contributed by atoms with Crippen LogP contribution in [-0.2, 0) is 18.8 Å². The van der Waals surface area contributed by atoms with E-state index in [1.807, 2.05) is 0 Å². The van der Waals surface area contributed by atoms with Gasteiger partial charge < -0.3 is 10.3 Å². The van der Waals surface area contributed by atoms with Crippen LogP contribution in [0.4, 0.5) is 13.2 Å². The number of nitrogens with zero attached hydrogens (tertiary/aromatic N) is 2.